The van der Waals surface area contributed by atoms with Crippen LogP contribution in [0.1, 0.15) is 11.1 Å². The number of amides is 2. The van der Waals surface area contributed by atoms with Gasteiger partial charge in [-0.15, -0.1) is 0 Å². The Bertz CT molecular complexity index is 956. The molecule has 0 aliphatic rings. The van der Waals surface area contributed by atoms with E-state index in [2.05, 4.69) is 15.7 Å². The highest BCUT2D eigenvalue weighted by atomic mass is 35.5. The zero-order valence-electron chi connectivity index (χ0n) is 13.8. The summed E-state index contributed by atoms with van der Waals surface area (Å²) in [6.45, 7) is 0.456. The molecule has 0 radical (unpaired) electrons. The summed E-state index contributed by atoms with van der Waals surface area (Å²) >= 11 is 5.94. The lowest BCUT2D eigenvalue weighted by Gasteiger charge is -2.10. The summed E-state index contributed by atoms with van der Waals surface area (Å²) in [6.07, 6.45) is -2.81. The summed E-state index contributed by atoms with van der Waals surface area (Å²) in [4.78, 5) is 12.0. The minimum absolute atomic E-state index is 0.0284. The molecule has 2 N–H and O–H groups in total. The number of benzene rings is 2. The number of hydrogen-bond donors (Lipinski definition) is 2. The van der Waals surface area contributed by atoms with Crippen molar-refractivity contribution in [2.24, 2.45) is 0 Å². The first-order valence-corrected chi connectivity index (χ1v) is 8.20. The SMILES string of the molecule is O=C(Nc1cccc(C(F)(F)F)c1)Nc1ccn(Cc2cccc(Cl)c2)n1. The average Bonchev–Trinajstić information content (AvgIpc) is 3.01. The number of nitrogens with zero attached hydrogens (tertiary/aromatic N) is 2. The number of aromatic nitrogens is 2. The van der Waals surface area contributed by atoms with Gasteiger partial charge < -0.3 is 5.32 Å². The normalized spacial score (nSPS) is 11.3. The first-order chi connectivity index (χ1) is 12.8. The van der Waals surface area contributed by atoms with Gasteiger partial charge in [-0.3, -0.25) is 10.00 Å². The van der Waals surface area contributed by atoms with Crippen LogP contribution in [0.5, 0.6) is 0 Å². The maximum Gasteiger partial charge on any atom is 0.416 e. The molecule has 9 heteroatoms. The van der Waals surface area contributed by atoms with E-state index in [0.717, 1.165) is 17.7 Å². The average molecular weight is 395 g/mol. The van der Waals surface area contributed by atoms with Gasteiger partial charge in [0, 0.05) is 23.0 Å². The third kappa shape index (κ3) is 5.24. The van der Waals surface area contributed by atoms with Crippen LogP contribution >= 0.6 is 11.6 Å². The first kappa shape index (κ1) is 18.8. The molecule has 0 bridgehead atoms. The molecule has 0 unspecified atom stereocenters. The van der Waals surface area contributed by atoms with Crippen molar-refractivity contribution in [1.29, 1.82) is 0 Å². The number of nitrogens with one attached hydrogen (secondary N) is 2. The van der Waals surface area contributed by atoms with Crippen molar-refractivity contribution in [2.45, 2.75) is 12.7 Å². The number of urea groups is 1. The lowest BCUT2D eigenvalue weighted by Crippen LogP contribution is -2.20. The van der Waals surface area contributed by atoms with Crippen molar-refractivity contribution < 1.29 is 18.0 Å². The number of anilines is 2. The van der Waals surface area contributed by atoms with E-state index in [1.165, 1.54) is 12.1 Å². The summed E-state index contributed by atoms with van der Waals surface area (Å²) in [7, 11) is 0. The number of rotatable bonds is 4. The Morgan fingerprint density at radius 1 is 1.07 bits per heavy atom. The lowest BCUT2D eigenvalue weighted by atomic mass is 10.2. The number of carbonyl (C=O) groups is 1. The Kier molecular flexibility index (Phi) is 5.36. The second-order valence-electron chi connectivity index (χ2n) is 5.69. The van der Waals surface area contributed by atoms with Crippen LogP contribution in [0, 0.1) is 0 Å². The number of halogens is 4. The number of carbonyl (C=O) groups excluding carboxylic acids is 1. The first-order valence-electron chi connectivity index (χ1n) is 7.83. The Morgan fingerprint density at radius 2 is 1.85 bits per heavy atom. The van der Waals surface area contributed by atoms with Gasteiger partial charge in [-0.1, -0.05) is 29.8 Å². The van der Waals surface area contributed by atoms with Crippen LogP contribution in [-0.4, -0.2) is 15.8 Å². The van der Waals surface area contributed by atoms with Gasteiger partial charge in [-0.05, 0) is 35.9 Å². The van der Waals surface area contributed by atoms with Crippen LogP contribution < -0.4 is 10.6 Å². The Morgan fingerprint density at radius 3 is 2.59 bits per heavy atom. The minimum Gasteiger partial charge on any atom is -0.308 e. The molecule has 1 heterocycles. The van der Waals surface area contributed by atoms with Gasteiger partial charge in [-0.2, -0.15) is 18.3 Å². The maximum atomic E-state index is 12.7. The van der Waals surface area contributed by atoms with Gasteiger partial charge in [0.25, 0.3) is 0 Å². The topological polar surface area (TPSA) is 59.0 Å². The van der Waals surface area contributed by atoms with Crippen LogP contribution in [0.25, 0.3) is 0 Å². The van der Waals surface area contributed by atoms with Gasteiger partial charge in [0.05, 0.1) is 12.1 Å². The van der Waals surface area contributed by atoms with Gasteiger partial charge in [0.15, 0.2) is 5.82 Å². The van der Waals surface area contributed by atoms with Gasteiger partial charge in [0.2, 0.25) is 0 Å². The molecule has 0 saturated heterocycles. The highest BCUT2D eigenvalue weighted by molar-refractivity contribution is 6.30. The lowest BCUT2D eigenvalue weighted by molar-refractivity contribution is -0.137. The van der Waals surface area contributed by atoms with Gasteiger partial charge in [-0.25, -0.2) is 4.79 Å². The summed E-state index contributed by atoms with van der Waals surface area (Å²) in [6, 6.07) is 12.5. The zero-order valence-corrected chi connectivity index (χ0v) is 14.6. The molecule has 0 spiro atoms. The van der Waals surface area contributed by atoms with Crippen LogP contribution in [0.15, 0.2) is 60.8 Å². The highest BCUT2D eigenvalue weighted by Gasteiger charge is 2.30. The monoisotopic (exact) mass is 394 g/mol. The molecule has 0 saturated carbocycles. The molecule has 3 aromatic rings. The number of alkyl halides is 3. The van der Waals surface area contributed by atoms with E-state index in [4.69, 9.17) is 11.6 Å². The standard InChI is InChI=1S/C18H14ClF3N4O/c19-14-5-1-3-12(9-14)11-26-8-7-16(25-26)24-17(27)23-15-6-2-4-13(10-15)18(20,21)22/h1-10H,11H2,(H2,23,24,25,27). The predicted octanol–water partition coefficient (Wildman–Crippen LogP) is 5.25. The fraction of sp³-hybridized carbons (Fsp3) is 0.111. The summed E-state index contributed by atoms with van der Waals surface area (Å²) in [5.74, 6) is 0.265. The van der Waals surface area contributed by atoms with Crippen molar-refractivity contribution in [3.05, 3.63) is 76.9 Å². The van der Waals surface area contributed by atoms with Crippen LogP contribution in [-0.2, 0) is 12.7 Å². The van der Waals surface area contributed by atoms with Crippen LogP contribution in [0.4, 0.5) is 29.5 Å². The molecule has 5 nitrogen and oxygen atoms in total. The minimum atomic E-state index is -4.48. The fourth-order valence-electron chi connectivity index (χ4n) is 2.39. The molecule has 3 rings (SSSR count). The van der Waals surface area contributed by atoms with E-state index in [1.807, 2.05) is 12.1 Å². The molecule has 0 atom stereocenters. The van der Waals surface area contributed by atoms with Gasteiger partial charge >= 0.3 is 12.2 Å². The summed E-state index contributed by atoms with van der Waals surface area (Å²) in [5, 5.41) is 9.63. The number of hydrogen-bond acceptors (Lipinski definition) is 2. The molecule has 2 amide bonds. The molecular weight excluding hydrogens is 381 g/mol. The maximum absolute atomic E-state index is 12.7. The second kappa shape index (κ2) is 7.71. The van der Waals surface area contributed by atoms with E-state index in [0.29, 0.717) is 11.6 Å². The third-order valence-electron chi connectivity index (χ3n) is 3.56. The second-order valence-corrected chi connectivity index (χ2v) is 6.12. The summed E-state index contributed by atoms with van der Waals surface area (Å²) < 4.78 is 39.7. The largest absolute Gasteiger partial charge is 0.416 e. The van der Waals surface area contributed by atoms with Crippen molar-refractivity contribution in [1.82, 2.24) is 9.78 Å². The van der Waals surface area contributed by atoms with Gasteiger partial charge in [0.1, 0.15) is 0 Å². The van der Waals surface area contributed by atoms with E-state index >= 15 is 0 Å². The molecule has 0 aliphatic heterocycles. The van der Waals surface area contributed by atoms with Crippen LogP contribution in [0.2, 0.25) is 5.02 Å². The fourth-order valence-corrected chi connectivity index (χ4v) is 2.60. The molecule has 2 aromatic carbocycles. The molecule has 27 heavy (non-hydrogen) atoms. The highest BCUT2D eigenvalue weighted by Crippen LogP contribution is 2.30. The van der Waals surface area contributed by atoms with E-state index in [1.54, 1.807) is 29.1 Å². The molecule has 140 valence electrons. The molecular formula is C18H14ClF3N4O. The Labute approximate surface area is 157 Å². The smallest absolute Gasteiger partial charge is 0.308 e. The van der Waals surface area contributed by atoms with Crippen molar-refractivity contribution in [3.8, 4) is 0 Å². The van der Waals surface area contributed by atoms with Crippen molar-refractivity contribution in [2.75, 3.05) is 10.6 Å². The third-order valence-corrected chi connectivity index (χ3v) is 3.80. The van der Waals surface area contributed by atoms with Crippen molar-refractivity contribution >= 4 is 29.1 Å². The Balaban J connectivity index is 1.61. The van der Waals surface area contributed by atoms with E-state index in [-0.39, 0.29) is 11.5 Å². The predicted molar refractivity (Wildman–Crippen MR) is 96.9 cm³/mol. The molecule has 0 fully saturated rings. The molecule has 1 aromatic heterocycles. The quantitative estimate of drug-likeness (QED) is 0.635. The van der Waals surface area contributed by atoms with Crippen molar-refractivity contribution in [3.63, 3.8) is 0 Å². The van der Waals surface area contributed by atoms with E-state index in [9.17, 15) is 18.0 Å². The van der Waals surface area contributed by atoms with E-state index < -0.39 is 17.8 Å². The van der Waals surface area contributed by atoms with Crippen LogP contribution in [0.3, 0.4) is 0 Å². The summed E-state index contributed by atoms with van der Waals surface area (Å²) in [5.41, 5.74) is 0.123. The Hall–Kier alpha value is -3.00. The molecule has 0 aliphatic carbocycles. The zero-order chi connectivity index (χ0) is 19.4.